The molecule has 0 aliphatic carbocycles. The fourth-order valence-corrected chi connectivity index (χ4v) is 2.29. The lowest BCUT2D eigenvalue weighted by Gasteiger charge is -2.43. The van der Waals surface area contributed by atoms with Gasteiger partial charge in [0.2, 0.25) is 0 Å². The molecule has 1 atom stereocenters. The van der Waals surface area contributed by atoms with Crippen LogP contribution in [0.5, 0.6) is 0 Å². The number of nitrogens with zero attached hydrogens (tertiary/aromatic N) is 4. The average Bonchev–Trinajstić information content (AvgIpc) is 2.37. The molecule has 2 heterocycles. The molecule has 0 aromatic carbocycles. The van der Waals surface area contributed by atoms with Crippen LogP contribution in [0.4, 0.5) is 5.82 Å². The molecule has 0 amide bonds. The number of methoxy groups -OCH3 is 1. The smallest absolute Gasteiger partial charge is 0.158 e. The van der Waals surface area contributed by atoms with Crippen LogP contribution in [0, 0.1) is 11.3 Å². The van der Waals surface area contributed by atoms with Crippen molar-refractivity contribution in [3.05, 3.63) is 18.1 Å². The molecule has 0 N–H and O–H groups in total. The zero-order chi connectivity index (χ0) is 13.9. The van der Waals surface area contributed by atoms with Crippen molar-refractivity contribution < 1.29 is 9.47 Å². The molecule has 1 fully saturated rings. The first-order chi connectivity index (χ1) is 9.04. The third kappa shape index (κ3) is 3.40. The topological polar surface area (TPSA) is 71.3 Å². The lowest BCUT2D eigenvalue weighted by Crippen LogP contribution is -2.54. The van der Waals surface area contributed by atoms with Crippen molar-refractivity contribution in [2.24, 2.45) is 0 Å². The van der Waals surface area contributed by atoms with Gasteiger partial charge in [-0.25, -0.2) is 9.97 Å². The molecule has 2 rings (SSSR count). The monoisotopic (exact) mass is 262 g/mol. The first-order valence-corrected chi connectivity index (χ1v) is 6.18. The van der Waals surface area contributed by atoms with E-state index in [-0.39, 0.29) is 11.7 Å². The van der Waals surface area contributed by atoms with Crippen molar-refractivity contribution in [3.63, 3.8) is 0 Å². The molecule has 1 saturated heterocycles. The second-order valence-corrected chi connectivity index (χ2v) is 5.21. The molecule has 6 heteroatoms. The van der Waals surface area contributed by atoms with Crippen molar-refractivity contribution >= 4 is 5.82 Å². The molecular weight excluding hydrogens is 244 g/mol. The summed E-state index contributed by atoms with van der Waals surface area (Å²) in [6.07, 6.45) is 3.12. The van der Waals surface area contributed by atoms with Crippen LogP contribution in [0.1, 0.15) is 19.5 Å². The Balaban J connectivity index is 2.15. The van der Waals surface area contributed by atoms with Gasteiger partial charge in [0.25, 0.3) is 0 Å². The third-order valence-corrected chi connectivity index (χ3v) is 2.91. The van der Waals surface area contributed by atoms with E-state index in [0.29, 0.717) is 18.8 Å². The molecule has 0 spiro atoms. The molecule has 1 unspecified atom stereocenters. The summed E-state index contributed by atoms with van der Waals surface area (Å²) >= 11 is 0. The molecule has 0 radical (unpaired) electrons. The Kier molecular flexibility index (Phi) is 3.98. The van der Waals surface area contributed by atoms with Crippen molar-refractivity contribution in [1.82, 2.24) is 9.97 Å². The van der Waals surface area contributed by atoms with E-state index in [4.69, 9.17) is 14.7 Å². The highest BCUT2D eigenvalue weighted by Crippen LogP contribution is 2.24. The van der Waals surface area contributed by atoms with E-state index in [0.717, 1.165) is 12.4 Å². The standard InChI is InChI=1S/C13H18N4O2/c1-13(2)9-17(7-11(19-13)8-18-3)12-6-15-10(4-14)5-16-12/h5-6,11H,7-9H2,1-3H3. The summed E-state index contributed by atoms with van der Waals surface area (Å²) in [5.74, 6) is 0.761. The Bertz CT molecular complexity index is 467. The highest BCUT2D eigenvalue weighted by atomic mass is 16.5. The minimum absolute atomic E-state index is 0.00573. The lowest BCUT2D eigenvalue weighted by molar-refractivity contribution is -0.106. The van der Waals surface area contributed by atoms with Gasteiger partial charge in [-0.1, -0.05) is 0 Å². The Hall–Kier alpha value is -1.71. The predicted octanol–water partition coefficient (Wildman–Crippen LogP) is 0.978. The zero-order valence-corrected chi connectivity index (χ0v) is 11.5. The van der Waals surface area contributed by atoms with Crippen LogP contribution in [0.2, 0.25) is 0 Å². The van der Waals surface area contributed by atoms with Gasteiger partial charge in [-0.15, -0.1) is 0 Å². The number of ether oxygens (including phenoxy) is 2. The molecule has 6 nitrogen and oxygen atoms in total. The molecule has 19 heavy (non-hydrogen) atoms. The van der Waals surface area contributed by atoms with Gasteiger partial charge in [-0.05, 0) is 13.8 Å². The largest absolute Gasteiger partial charge is 0.382 e. The SMILES string of the molecule is COCC1CN(c2cnc(C#N)cn2)CC(C)(C)O1. The zero-order valence-electron chi connectivity index (χ0n) is 11.5. The second-order valence-electron chi connectivity index (χ2n) is 5.21. The van der Waals surface area contributed by atoms with Gasteiger partial charge in [0.1, 0.15) is 11.9 Å². The molecular formula is C13H18N4O2. The first kappa shape index (κ1) is 13.7. The van der Waals surface area contributed by atoms with Crippen LogP contribution >= 0.6 is 0 Å². The quantitative estimate of drug-likeness (QED) is 0.808. The first-order valence-electron chi connectivity index (χ1n) is 6.18. The van der Waals surface area contributed by atoms with Gasteiger partial charge in [0.05, 0.1) is 30.7 Å². The molecule has 0 saturated carbocycles. The highest BCUT2D eigenvalue weighted by molar-refractivity contribution is 5.38. The van der Waals surface area contributed by atoms with Crippen LogP contribution in [0.25, 0.3) is 0 Å². The molecule has 1 aromatic rings. The van der Waals surface area contributed by atoms with E-state index in [1.807, 2.05) is 19.9 Å². The summed E-state index contributed by atoms with van der Waals surface area (Å²) in [4.78, 5) is 10.4. The Morgan fingerprint density at radius 2 is 2.32 bits per heavy atom. The molecule has 102 valence electrons. The molecule has 1 aromatic heterocycles. The minimum Gasteiger partial charge on any atom is -0.382 e. The summed E-state index contributed by atoms with van der Waals surface area (Å²) in [5.41, 5.74) is 0.0570. The van der Waals surface area contributed by atoms with Crippen molar-refractivity contribution in [2.75, 3.05) is 31.7 Å². The molecule has 1 aliphatic heterocycles. The summed E-state index contributed by atoms with van der Waals surface area (Å²) < 4.78 is 11.1. The van der Waals surface area contributed by atoms with Crippen molar-refractivity contribution in [1.29, 1.82) is 5.26 Å². The van der Waals surface area contributed by atoms with E-state index in [1.165, 1.54) is 6.20 Å². The number of morpholine rings is 1. The van der Waals surface area contributed by atoms with Gasteiger partial charge in [-0.3, -0.25) is 0 Å². The van der Waals surface area contributed by atoms with Crippen molar-refractivity contribution in [3.8, 4) is 6.07 Å². The maximum atomic E-state index is 8.73. The second kappa shape index (κ2) is 5.51. The Morgan fingerprint density at radius 3 is 2.89 bits per heavy atom. The van der Waals surface area contributed by atoms with Gasteiger partial charge in [-0.2, -0.15) is 5.26 Å². The summed E-state index contributed by atoms with van der Waals surface area (Å²) in [6, 6.07) is 1.97. The summed E-state index contributed by atoms with van der Waals surface area (Å²) in [5, 5.41) is 8.73. The molecule has 1 aliphatic rings. The van der Waals surface area contributed by atoms with Gasteiger partial charge in [0.15, 0.2) is 5.69 Å². The highest BCUT2D eigenvalue weighted by Gasteiger charge is 2.34. The van der Waals surface area contributed by atoms with E-state index >= 15 is 0 Å². The van der Waals surface area contributed by atoms with E-state index in [2.05, 4.69) is 14.9 Å². The van der Waals surface area contributed by atoms with Crippen LogP contribution in [-0.4, -0.2) is 48.5 Å². The van der Waals surface area contributed by atoms with Gasteiger partial charge >= 0.3 is 0 Å². The summed E-state index contributed by atoms with van der Waals surface area (Å²) in [6.45, 7) is 6.06. The number of anilines is 1. The van der Waals surface area contributed by atoms with Crippen LogP contribution in [0.3, 0.4) is 0 Å². The van der Waals surface area contributed by atoms with Crippen LogP contribution in [-0.2, 0) is 9.47 Å². The van der Waals surface area contributed by atoms with Crippen molar-refractivity contribution in [2.45, 2.75) is 25.6 Å². The van der Waals surface area contributed by atoms with Crippen LogP contribution in [0.15, 0.2) is 12.4 Å². The number of aromatic nitrogens is 2. The van der Waals surface area contributed by atoms with E-state index in [9.17, 15) is 0 Å². The number of hydrogen-bond donors (Lipinski definition) is 0. The van der Waals surface area contributed by atoms with E-state index in [1.54, 1.807) is 13.3 Å². The van der Waals surface area contributed by atoms with Gasteiger partial charge in [0, 0.05) is 20.2 Å². The number of hydrogen-bond acceptors (Lipinski definition) is 6. The maximum absolute atomic E-state index is 8.73. The maximum Gasteiger partial charge on any atom is 0.158 e. The minimum atomic E-state index is -0.267. The lowest BCUT2D eigenvalue weighted by atomic mass is 10.1. The fraction of sp³-hybridized carbons (Fsp3) is 0.615. The number of rotatable bonds is 3. The normalized spacial score (nSPS) is 22.0. The number of nitriles is 1. The van der Waals surface area contributed by atoms with E-state index < -0.39 is 0 Å². The Morgan fingerprint density at radius 1 is 1.53 bits per heavy atom. The third-order valence-electron chi connectivity index (χ3n) is 2.91. The Labute approximate surface area is 113 Å². The average molecular weight is 262 g/mol. The predicted molar refractivity (Wildman–Crippen MR) is 69.8 cm³/mol. The summed E-state index contributed by atoms with van der Waals surface area (Å²) in [7, 11) is 1.66. The molecule has 0 bridgehead atoms. The van der Waals surface area contributed by atoms with Crippen LogP contribution < -0.4 is 4.90 Å². The fourth-order valence-electron chi connectivity index (χ4n) is 2.29. The van der Waals surface area contributed by atoms with Gasteiger partial charge < -0.3 is 14.4 Å².